The minimum Gasteiger partial charge on any atom is -0.391 e. The number of hydrogen-bond acceptors (Lipinski definition) is 4. The monoisotopic (exact) mass is 465 g/mol. The molecular formula is C22H22ClF2N3O4. The van der Waals surface area contributed by atoms with Crippen LogP contribution in [0.5, 0.6) is 0 Å². The molecule has 10 heteroatoms. The molecule has 1 saturated carbocycles. The molecule has 2 aliphatic rings. The normalized spacial score (nSPS) is 20.0. The molecule has 1 unspecified atom stereocenters. The molecule has 0 spiro atoms. The molecule has 7 nitrogen and oxygen atoms in total. The predicted molar refractivity (Wildman–Crippen MR) is 113 cm³/mol. The molecule has 1 aromatic carbocycles. The number of rotatable bonds is 5. The number of benzene rings is 1. The van der Waals surface area contributed by atoms with Gasteiger partial charge in [0.1, 0.15) is 5.69 Å². The van der Waals surface area contributed by atoms with Gasteiger partial charge in [0.05, 0.1) is 22.7 Å². The quantitative estimate of drug-likeness (QED) is 0.466. The molecule has 2 amide bonds. The number of carbonyl (C=O) groups is 3. The summed E-state index contributed by atoms with van der Waals surface area (Å²) in [5.41, 5.74) is 0.495. The minimum atomic E-state index is -1.12. The third kappa shape index (κ3) is 4.14. The maximum atomic E-state index is 13.5. The molecule has 2 atom stereocenters. The van der Waals surface area contributed by atoms with Gasteiger partial charge in [0.15, 0.2) is 11.6 Å². The fraction of sp³-hybridized carbons (Fsp3) is 0.409. The molecule has 0 radical (unpaired) electrons. The molecule has 0 saturated heterocycles. The first-order chi connectivity index (χ1) is 15.3. The molecule has 1 fully saturated rings. The minimum absolute atomic E-state index is 0.0292. The Bertz CT molecular complexity index is 1100. The van der Waals surface area contributed by atoms with E-state index in [2.05, 4.69) is 10.6 Å². The zero-order valence-electron chi connectivity index (χ0n) is 17.1. The maximum Gasteiger partial charge on any atom is 0.294 e. The van der Waals surface area contributed by atoms with Gasteiger partial charge in [0, 0.05) is 24.0 Å². The summed E-state index contributed by atoms with van der Waals surface area (Å²) >= 11 is 6.46. The van der Waals surface area contributed by atoms with Gasteiger partial charge in [0.2, 0.25) is 0 Å². The number of ketones is 1. The Labute approximate surface area is 187 Å². The molecule has 32 heavy (non-hydrogen) atoms. The predicted octanol–water partition coefficient (Wildman–Crippen LogP) is 3.22. The van der Waals surface area contributed by atoms with Gasteiger partial charge in [-0.05, 0) is 50.7 Å². The molecule has 4 rings (SSSR count). The van der Waals surface area contributed by atoms with Gasteiger partial charge in [-0.2, -0.15) is 0 Å². The molecule has 1 aliphatic carbocycles. The second-order valence-corrected chi connectivity index (χ2v) is 8.46. The zero-order chi connectivity index (χ0) is 23.0. The van der Waals surface area contributed by atoms with Crippen LogP contribution in [0.25, 0.3) is 0 Å². The molecule has 1 aromatic heterocycles. The van der Waals surface area contributed by atoms with Crippen molar-refractivity contribution in [2.24, 2.45) is 0 Å². The highest BCUT2D eigenvalue weighted by Gasteiger charge is 2.35. The number of aliphatic hydroxyl groups is 1. The van der Waals surface area contributed by atoms with Crippen LogP contribution in [-0.2, 0) is 17.8 Å². The summed E-state index contributed by atoms with van der Waals surface area (Å²) in [5.74, 6) is -4.62. The average Bonchev–Trinajstić information content (AvgIpc) is 3.29. The number of anilines is 1. The van der Waals surface area contributed by atoms with Crippen LogP contribution in [-0.4, -0.2) is 39.4 Å². The summed E-state index contributed by atoms with van der Waals surface area (Å²) in [4.78, 5) is 38.5. The number of Topliss-reactive ketones (excluding diaryl/α,β-unsaturated/α-hetero) is 1. The van der Waals surface area contributed by atoms with Crippen molar-refractivity contribution in [3.05, 3.63) is 51.8 Å². The lowest BCUT2D eigenvalue weighted by molar-refractivity contribution is -0.118. The molecule has 170 valence electrons. The van der Waals surface area contributed by atoms with Crippen molar-refractivity contribution in [2.75, 3.05) is 5.32 Å². The van der Waals surface area contributed by atoms with Gasteiger partial charge >= 0.3 is 0 Å². The Morgan fingerprint density at radius 1 is 1.09 bits per heavy atom. The Kier molecular flexibility index (Phi) is 6.30. The number of nitrogens with one attached hydrogen (secondary N) is 2. The van der Waals surface area contributed by atoms with Gasteiger partial charge in [0.25, 0.3) is 17.6 Å². The maximum absolute atomic E-state index is 13.5. The number of amides is 2. The van der Waals surface area contributed by atoms with Crippen molar-refractivity contribution >= 4 is 34.9 Å². The van der Waals surface area contributed by atoms with Crippen LogP contribution in [0.1, 0.15) is 58.6 Å². The highest BCUT2D eigenvalue weighted by atomic mass is 35.5. The van der Waals surface area contributed by atoms with E-state index in [1.807, 2.05) is 0 Å². The van der Waals surface area contributed by atoms with Gasteiger partial charge < -0.3 is 20.3 Å². The number of aromatic nitrogens is 1. The van der Waals surface area contributed by atoms with Gasteiger partial charge in [-0.1, -0.05) is 11.6 Å². The first-order valence-corrected chi connectivity index (χ1v) is 10.9. The van der Waals surface area contributed by atoms with Crippen LogP contribution in [0.15, 0.2) is 18.2 Å². The number of aliphatic hydroxyl groups excluding tert-OH is 1. The van der Waals surface area contributed by atoms with E-state index in [0.717, 1.165) is 31.4 Å². The SMILES string of the molecule is O=C(N[C@H]1CCCC1O)C(=O)c1c(Cl)c(C(=O)Nc2ccc(F)c(F)c2)c2n1CCCC2. The number of carbonyl (C=O) groups excluding carboxylic acids is 3. The highest BCUT2D eigenvalue weighted by molar-refractivity contribution is 6.48. The van der Waals surface area contributed by atoms with E-state index in [1.165, 1.54) is 6.07 Å². The topological polar surface area (TPSA) is 100 Å². The van der Waals surface area contributed by atoms with E-state index in [-0.39, 0.29) is 22.0 Å². The Hall–Kier alpha value is -2.78. The van der Waals surface area contributed by atoms with Gasteiger partial charge in [-0.15, -0.1) is 0 Å². The molecule has 1 aliphatic heterocycles. The van der Waals surface area contributed by atoms with Crippen molar-refractivity contribution in [1.82, 2.24) is 9.88 Å². The Morgan fingerprint density at radius 2 is 1.88 bits per heavy atom. The van der Waals surface area contributed by atoms with E-state index >= 15 is 0 Å². The number of hydrogen-bond donors (Lipinski definition) is 3. The molecule has 3 N–H and O–H groups in total. The van der Waals surface area contributed by atoms with Crippen molar-refractivity contribution in [3.8, 4) is 0 Å². The summed E-state index contributed by atoms with van der Waals surface area (Å²) in [5, 5.41) is 14.8. The standard InChI is InChI=1S/C22H22ClF2N3O4/c23-18-17(21(31)26-11-7-8-12(24)13(25)10-11)15-5-1-2-9-28(15)19(18)20(30)22(32)27-14-4-3-6-16(14)29/h7-8,10,14,16,29H,1-6,9H2,(H,26,31)(H,27,32)/t14-,16?/m0/s1. The van der Waals surface area contributed by atoms with Crippen LogP contribution in [0.2, 0.25) is 5.02 Å². The lowest BCUT2D eigenvalue weighted by Gasteiger charge is -2.19. The van der Waals surface area contributed by atoms with Crippen LogP contribution in [0, 0.1) is 11.6 Å². The highest BCUT2D eigenvalue weighted by Crippen LogP contribution is 2.33. The molecule has 2 aromatic rings. The van der Waals surface area contributed by atoms with Crippen LogP contribution >= 0.6 is 11.6 Å². The second-order valence-electron chi connectivity index (χ2n) is 8.08. The summed E-state index contributed by atoms with van der Waals surface area (Å²) < 4.78 is 28.3. The lowest BCUT2D eigenvalue weighted by Crippen LogP contribution is -2.43. The Morgan fingerprint density at radius 3 is 2.56 bits per heavy atom. The van der Waals surface area contributed by atoms with Gasteiger partial charge in [-0.3, -0.25) is 14.4 Å². The third-order valence-electron chi connectivity index (χ3n) is 5.98. The van der Waals surface area contributed by atoms with E-state index in [0.29, 0.717) is 31.5 Å². The van der Waals surface area contributed by atoms with Crippen LogP contribution in [0.4, 0.5) is 14.5 Å². The third-order valence-corrected chi connectivity index (χ3v) is 6.35. The molecular weight excluding hydrogens is 444 g/mol. The molecule has 2 heterocycles. The largest absolute Gasteiger partial charge is 0.391 e. The molecule has 0 bridgehead atoms. The van der Waals surface area contributed by atoms with Crippen molar-refractivity contribution < 1.29 is 28.3 Å². The van der Waals surface area contributed by atoms with E-state index in [9.17, 15) is 28.3 Å². The van der Waals surface area contributed by atoms with Crippen LogP contribution < -0.4 is 10.6 Å². The summed E-state index contributed by atoms with van der Waals surface area (Å²) in [6, 6.07) is 2.44. The average molecular weight is 466 g/mol. The first-order valence-electron chi connectivity index (χ1n) is 10.5. The van der Waals surface area contributed by atoms with Gasteiger partial charge in [-0.25, -0.2) is 8.78 Å². The Balaban J connectivity index is 1.64. The summed E-state index contributed by atoms with van der Waals surface area (Å²) in [6.45, 7) is 0.411. The summed E-state index contributed by atoms with van der Waals surface area (Å²) in [7, 11) is 0. The number of nitrogens with zero attached hydrogens (tertiary/aromatic N) is 1. The van der Waals surface area contributed by atoms with Crippen molar-refractivity contribution in [2.45, 2.75) is 57.2 Å². The number of fused-ring (bicyclic) bond motifs is 1. The van der Waals surface area contributed by atoms with E-state index < -0.39 is 41.4 Å². The zero-order valence-corrected chi connectivity index (χ0v) is 17.8. The van der Waals surface area contributed by atoms with Crippen molar-refractivity contribution in [3.63, 3.8) is 0 Å². The fourth-order valence-corrected chi connectivity index (χ4v) is 4.76. The van der Waals surface area contributed by atoms with E-state index in [4.69, 9.17) is 11.6 Å². The second kappa shape index (κ2) is 8.99. The number of halogens is 3. The van der Waals surface area contributed by atoms with E-state index in [1.54, 1.807) is 4.57 Å². The van der Waals surface area contributed by atoms with Crippen molar-refractivity contribution in [1.29, 1.82) is 0 Å². The van der Waals surface area contributed by atoms with Crippen LogP contribution in [0.3, 0.4) is 0 Å². The lowest BCUT2D eigenvalue weighted by atomic mass is 10.1. The smallest absolute Gasteiger partial charge is 0.294 e. The first kappa shape index (κ1) is 22.4. The summed E-state index contributed by atoms with van der Waals surface area (Å²) in [6.07, 6.45) is 3.13. The fourth-order valence-electron chi connectivity index (χ4n) is 4.37.